The quantitative estimate of drug-likeness (QED) is 0.420. The van der Waals surface area contributed by atoms with Crippen molar-refractivity contribution in [1.29, 1.82) is 0 Å². The lowest BCUT2D eigenvalue weighted by atomic mass is 10.4. The van der Waals surface area contributed by atoms with Gasteiger partial charge in [-0.05, 0) is 12.5 Å². The van der Waals surface area contributed by atoms with Gasteiger partial charge in [0.15, 0.2) is 0 Å². The molecule has 0 fully saturated rings. The first-order valence-corrected chi connectivity index (χ1v) is 1.77. The average Bonchev–Trinajstić information content (AvgIpc) is 1.35. The molecule has 6 heavy (non-hydrogen) atoms. The van der Waals surface area contributed by atoms with Crippen LogP contribution in [0.1, 0.15) is 6.92 Å². The van der Waals surface area contributed by atoms with Crippen molar-refractivity contribution >= 4 is 6.21 Å². The first-order chi connectivity index (χ1) is 2.77. The standard InChI is InChI=1S/C5H8N/c1-5(2)4-6-3/h1H2,2-3H3. The van der Waals surface area contributed by atoms with E-state index in [1.807, 2.05) is 6.92 Å². The third kappa shape index (κ3) is 3.41. The zero-order valence-electron chi connectivity index (χ0n) is 4.15. The van der Waals surface area contributed by atoms with Gasteiger partial charge in [0, 0.05) is 7.05 Å². The molecule has 0 aliphatic rings. The summed E-state index contributed by atoms with van der Waals surface area (Å²) in [5.41, 5.74) is 0.873. The summed E-state index contributed by atoms with van der Waals surface area (Å²) >= 11 is 0. The van der Waals surface area contributed by atoms with Crippen LogP contribution >= 0.6 is 0 Å². The third-order valence-corrected chi connectivity index (χ3v) is 0.303. The van der Waals surface area contributed by atoms with Gasteiger partial charge in [-0.3, -0.25) is 4.99 Å². The van der Waals surface area contributed by atoms with Crippen molar-refractivity contribution in [3.05, 3.63) is 12.2 Å². The van der Waals surface area contributed by atoms with E-state index in [-0.39, 0.29) is 0 Å². The van der Waals surface area contributed by atoms with Crippen molar-refractivity contribution < 1.29 is 0 Å². The molecule has 0 atom stereocenters. The van der Waals surface area contributed by atoms with Crippen LogP contribution in [0.15, 0.2) is 17.1 Å². The van der Waals surface area contributed by atoms with Crippen LogP contribution in [0.3, 0.4) is 0 Å². The van der Waals surface area contributed by atoms with E-state index in [1.165, 1.54) is 0 Å². The Morgan fingerprint density at radius 2 is 2.33 bits per heavy atom. The Hall–Kier alpha value is -0.590. The minimum absolute atomic E-state index is 0.873. The molecule has 0 N–H and O–H groups in total. The zero-order chi connectivity index (χ0) is 4.99. The fourth-order valence-electron chi connectivity index (χ4n) is 0.191. The molecular weight excluding hydrogens is 74.1 g/mol. The summed E-state index contributed by atoms with van der Waals surface area (Å²) in [5.74, 6) is 0. The van der Waals surface area contributed by atoms with E-state index >= 15 is 0 Å². The van der Waals surface area contributed by atoms with Gasteiger partial charge in [-0.1, -0.05) is 6.58 Å². The summed E-state index contributed by atoms with van der Waals surface area (Å²) in [7, 11) is 1.68. The van der Waals surface area contributed by atoms with Gasteiger partial charge in [-0.2, -0.15) is 0 Å². The van der Waals surface area contributed by atoms with Crippen molar-refractivity contribution in [1.82, 2.24) is 0 Å². The molecule has 1 heteroatoms. The Kier molecular flexibility index (Phi) is 2.38. The highest BCUT2D eigenvalue weighted by Gasteiger charge is 1.67. The molecule has 0 bridgehead atoms. The van der Waals surface area contributed by atoms with Gasteiger partial charge in [-0.15, -0.1) is 0 Å². The van der Waals surface area contributed by atoms with Gasteiger partial charge in [0.2, 0.25) is 0 Å². The minimum atomic E-state index is 0.873. The Labute approximate surface area is 38.4 Å². The van der Waals surface area contributed by atoms with Crippen LogP contribution in [-0.2, 0) is 0 Å². The van der Waals surface area contributed by atoms with Crippen LogP contribution in [0.2, 0.25) is 0 Å². The summed E-state index contributed by atoms with van der Waals surface area (Å²) in [4.78, 5) is 3.59. The van der Waals surface area contributed by atoms with Crippen LogP contribution in [0.25, 0.3) is 0 Å². The van der Waals surface area contributed by atoms with Gasteiger partial charge in [0.25, 0.3) is 0 Å². The number of aliphatic imine (C=N–C) groups is 1. The average molecular weight is 82.1 g/mol. The second kappa shape index (κ2) is 2.64. The maximum absolute atomic E-state index is 3.59. The Bertz CT molecular complexity index is 72.0. The molecule has 33 valence electrons. The van der Waals surface area contributed by atoms with E-state index < -0.39 is 0 Å². The Balaban J connectivity index is 3.30. The molecule has 0 saturated heterocycles. The topological polar surface area (TPSA) is 12.4 Å². The molecule has 0 unspecified atom stereocenters. The first kappa shape index (κ1) is 5.41. The minimum Gasteiger partial charge on any atom is -0.286 e. The molecule has 0 aromatic heterocycles. The van der Waals surface area contributed by atoms with Crippen molar-refractivity contribution in [2.75, 3.05) is 7.05 Å². The SMILES string of the molecule is C=C(C)/[C]=N\C. The maximum Gasteiger partial charge on any atom is 0.0848 e. The summed E-state index contributed by atoms with van der Waals surface area (Å²) in [6.07, 6.45) is 2.64. The van der Waals surface area contributed by atoms with Crippen molar-refractivity contribution in [2.45, 2.75) is 6.92 Å². The van der Waals surface area contributed by atoms with Gasteiger partial charge in [-0.25, -0.2) is 0 Å². The summed E-state index contributed by atoms with van der Waals surface area (Å²) in [6.45, 7) is 5.39. The zero-order valence-corrected chi connectivity index (χ0v) is 4.15. The largest absolute Gasteiger partial charge is 0.286 e. The van der Waals surface area contributed by atoms with Crippen molar-refractivity contribution in [3.63, 3.8) is 0 Å². The van der Waals surface area contributed by atoms with Gasteiger partial charge < -0.3 is 0 Å². The monoisotopic (exact) mass is 82.1 g/mol. The summed E-state index contributed by atoms with van der Waals surface area (Å²) < 4.78 is 0. The molecule has 0 saturated carbocycles. The smallest absolute Gasteiger partial charge is 0.0848 e. The molecule has 0 rings (SSSR count). The Morgan fingerprint density at radius 1 is 1.83 bits per heavy atom. The molecule has 0 aliphatic carbocycles. The predicted octanol–water partition coefficient (Wildman–Crippen LogP) is 1.14. The van der Waals surface area contributed by atoms with Crippen LogP contribution in [0, 0.1) is 0 Å². The second-order valence-corrected chi connectivity index (χ2v) is 1.12. The Morgan fingerprint density at radius 3 is 2.33 bits per heavy atom. The second-order valence-electron chi connectivity index (χ2n) is 1.12. The first-order valence-electron chi connectivity index (χ1n) is 1.77. The van der Waals surface area contributed by atoms with Gasteiger partial charge in [0.05, 0.1) is 6.21 Å². The molecule has 1 nitrogen and oxygen atoms in total. The molecule has 0 aromatic carbocycles. The summed E-state index contributed by atoms with van der Waals surface area (Å²) in [6, 6.07) is 0. The van der Waals surface area contributed by atoms with E-state index in [0.29, 0.717) is 0 Å². The molecule has 1 radical (unpaired) electrons. The number of rotatable bonds is 1. The molecule has 0 spiro atoms. The van der Waals surface area contributed by atoms with E-state index in [2.05, 4.69) is 17.8 Å². The maximum atomic E-state index is 3.59. The van der Waals surface area contributed by atoms with Gasteiger partial charge in [0.1, 0.15) is 0 Å². The highest BCUT2D eigenvalue weighted by molar-refractivity contribution is 5.76. The third-order valence-electron chi connectivity index (χ3n) is 0.303. The lowest BCUT2D eigenvalue weighted by Crippen LogP contribution is -1.68. The summed E-state index contributed by atoms with van der Waals surface area (Å²) in [5, 5.41) is 0. The lowest BCUT2D eigenvalue weighted by molar-refractivity contribution is 1.45. The number of allylic oxidation sites excluding steroid dienone is 1. The van der Waals surface area contributed by atoms with Crippen LogP contribution in [0.4, 0.5) is 0 Å². The van der Waals surface area contributed by atoms with Crippen LogP contribution in [-0.4, -0.2) is 13.3 Å². The lowest BCUT2D eigenvalue weighted by Gasteiger charge is -1.73. The predicted molar refractivity (Wildman–Crippen MR) is 28.2 cm³/mol. The normalized spacial score (nSPS) is 9.67. The molecule has 0 heterocycles. The number of hydrogen-bond acceptors (Lipinski definition) is 1. The fourth-order valence-corrected chi connectivity index (χ4v) is 0.191. The fraction of sp³-hybridized carbons (Fsp3) is 0.400. The molecule has 0 amide bonds. The highest BCUT2D eigenvalue weighted by Crippen LogP contribution is 1.75. The molecule has 0 aromatic rings. The van der Waals surface area contributed by atoms with Crippen molar-refractivity contribution in [2.24, 2.45) is 4.99 Å². The van der Waals surface area contributed by atoms with E-state index in [1.54, 1.807) is 7.05 Å². The number of nitrogens with zero attached hydrogens (tertiary/aromatic N) is 1. The van der Waals surface area contributed by atoms with Crippen LogP contribution < -0.4 is 0 Å². The van der Waals surface area contributed by atoms with Gasteiger partial charge >= 0.3 is 0 Å². The van der Waals surface area contributed by atoms with E-state index in [9.17, 15) is 0 Å². The van der Waals surface area contributed by atoms with E-state index in [4.69, 9.17) is 0 Å². The highest BCUT2D eigenvalue weighted by atomic mass is 14.6. The van der Waals surface area contributed by atoms with Crippen molar-refractivity contribution in [3.8, 4) is 0 Å². The number of hydrogen-bond donors (Lipinski definition) is 0. The van der Waals surface area contributed by atoms with Crippen LogP contribution in [0.5, 0.6) is 0 Å². The van der Waals surface area contributed by atoms with E-state index in [0.717, 1.165) is 5.57 Å². The molecule has 0 aliphatic heterocycles. The molecular formula is C5H8N.